The lowest BCUT2D eigenvalue weighted by Gasteiger charge is -2.35. The summed E-state index contributed by atoms with van der Waals surface area (Å²) in [5.74, 6) is -0.321. The Labute approximate surface area is 173 Å². The van der Waals surface area contributed by atoms with Gasteiger partial charge in [-0.15, -0.1) is 0 Å². The zero-order chi connectivity index (χ0) is 21.2. The molecule has 0 saturated heterocycles. The fourth-order valence-corrected chi connectivity index (χ4v) is 3.52. The highest BCUT2D eigenvalue weighted by Gasteiger charge is 2.54. The first-order valence-corrected chi connectivity index (χ1v) is 9.06. The molecule has 1 heterocycles. The maximum atomic E-state index is 13.0. The molecule has 7 nitrogen and oxygen atoms in total. The van der Waals surface area contributed by atoms with Crippen molar-refractivity contribution in [2.75, 3.05) is 26.2 Å². The van der Waals surface area contributed by atoms with Gasteiger partial charge in [-0.05, 0) is 48.5 Å². The van der Waals surface area contributed by atoms with Gasteiger partial charge in [0.05, 0.1) is 27.0 Å². The van der Waals surface area contributed by atoms with E-state index in [1.165, 1.54) is 19.1 Å². The minimum atomic E-state index is -2.23. The highest BCUT2D eigenvalue weighted by atomic mass is 35.5. The van der Waals surface area contributed by atoms with Crippen LogP contribution in [0.15, 0.2) is 53.6 Å². The molecule has 2 aromatic rings. The SMILES string of the molecule is COC(=O)CC1(O)C(=O)C(Cl)=C(c2ccc(OC)cc2)N1c1ccc(OC)cc1. The van der Waals surface area contributed by atoms with Crippen molar-refractivity contribution in [1.82, 2.24) is 0 Å². The number of rotatable bonds is 6. The Bertz CT molecular complexity index is 954. The second-order valence-electron chi connectivity index (χ2n) is 6.32. The van der Waals surface area contributed by atoms with E-state index in [4.69, 9.17) is 21.1 Å². The number of hydrogen-bond acceptors (Lipinski definition) is 7. The second-order valence-corrected chi connectivity index (χ2v) is 6.70. The van der Waals surface area contributed by atoms with Crippen LogP contribution in [0, 0.1) is 0 Å². The molecule has 1 unspecified atom stereocenters. The molecule has 152 valence electrons. The van der Waals surface area contributed by atoms with E-state index in [-0.39, 0.29) is 10.7 Å². The summed E-state index contributed by atoms with van der Waals surface area (Å²) in [4.78, 5) is 26.3. The highest BCUT2D eigenvalue weighted by molar-refractivity contribution is 6.49. The molecule has 0 aliphatic carbocycles. The monoisotopic (exact) mass is 417 g/mol. The summed E-state index contributed by atoms with van der Waals surface area (Å²) in [5, 5.41) is 11.1. The summed E-state index contributed by atoms with van der Waals surface area (Å²) >= 11 is 6.37. The quantitative estimate of drug-likeness (QED) is 0.723. The van der Waals surface area contributed by atoms with Crippen molar-refractivity contribution >= 4 is 34.7 Å². The number of carbonyl (C=O) groups excluding carboxylic acids is 2. The molecule has 29 heavy (non-hydrogen) atoms. The van der Waals surface area contributed by atoms with Gasteiger partial charge in [0.1, 0.15) is 23.0 Å². The van der Waals surface area contributed by atoms with Crippen molar-refractivity contribution in [3.8, 4) is 11.5 Å². The van der Waals surface area contributed by atoms with Gasteiger partial charge >= 0.3 is 5.97 Å². The lowest BCUT2D eigenvalue weighted by atomic mass is 10.0. The van der Waals surface area contributed by atoms with Crippen LogP contribution in [0.1, 0.15) is 12.0 Å². The number of anilines is 1. The number of carbonyl (C=O) groups is 2. The van der Waals surface area contributed by atoms with Crippen LogP contribution in [0.4, 0.5) is 5.69 Å². The first-order valence-electron chi connectivity index (χ1n) is 8.68. The number of aliphatic hydroxyl groups is 1. The average molecular weight is 418 g/mol. The zero-order valence-corrected chi connectivity index (χ0v) is 16.9. The number of hydrogen-bond donors (Lipinski definition) is 1. The first kappa shape index (κ1) is 20.7. The molecule has 1 atom stereocenters. The van der Waals surface area contributed by atoms with Crippen LogP contribution in [-0.4, -0.2) is 43.9 Å². The maximum absolute atomic E-state index is 13.0. The second kappa shape index (κ2) is 8.14. The van der Waals surface area contributed by atoms with Crippen molar-refractivity contribution in [2.45, 2.75) is 12.1 Å². The van der Waals surface area contributed by atoms with E-state index in [9.17, 15) is 14.7 Å². The van der Waals surface area contributed by atoms with Crippen molar-refractivity contribution in [1.29, 1.82) is 0 Å². The van der Waals surface area contributed by atoms with Crippen LogP contribution in [0.3, 0.4) is 0 Å². The summed E-state index contributed by atoms with van der Waals surface area (Å²) in [6.45, 7) is 0. The third-order valence-corrected chi connectivity index (χ3v) is 5.03. The van der Waals surface area contributed by atoms with Gasteiger partial charge in [-0.3, -0.25) is 9.59 Å². The van der Waals surface area contributed by atoms with E-state index >= 15 is 0 Å². The summed E-state index contributed by atoms with van der Waals surface area (Å²) in [6.07, 6.45) is -0.593. The minimum Gasteiger partial charge on any atom is -0.497 e. The third-order valence-electron chi connectivity index (χ3n) is 4.68. The Morgan fingerprint density at radius 2 is 1.52 bits per heavy atom. The molecule has 0 saturated carbocycles. The summed E-state index contributed by atoms with van der Waals surface area (Å²) in [7, 11) is 4.25. The Hall–Kier alpha value is -3.03. The van der Waals surface area contributed by atoms with Gasteiger partial charge < -0.3 is 24.2 Å². The summed E-state index contributed by atoms with van der Waals surface area (Å²) < 4.78 is 15.0. The molecule has 1 N–H and O–H groups in total. The van der Waals surface area contributed by atoms with Gasteiger partial charge in [-0.25, -0.2) is 0 Å². The van der Waals surface area contributed by atoms with Crippen molar-refractivity contribution in [2.24, 2.45) is 0 Å². The predicted octanol–water partition coefficient (Wildman–Crippen LogP) is 2.95. The molecule has 0 fully saturated rings. The van der Waals surface area contributed by atoms with Gasteiger partial charge in [-0.1, -0.05) is 11.6 Å². The number of nitrogens with zero attached hydrogens (tertiary/aromatic N) is 1. The molecule has 3 rings (SSSR count). The largest absolute Gasteiger partial charge is 0.497 e. The lowest BCUT2D eigenvalue weighted by molar-refractivity contribution is -0.150. The van der Waals surface area contributed by atoms with Crippen molar-refractivity contribution in [3.05, 3.63) is 59.1 Å². The Morgan fingerprint density at radius 1 is 1.00 bits per heavy atom. The first-order chi connectivity index (χ1) is 13.8. The molecule has 1 aliphatic heterocycles. The zero-order valence-electron chi connectivity index (χ0n) is 16.1. The van der Waals surface area contributed by atoms with E-state index in [0.717, 1.165) is 0 Å². The molecule has 0 radical (unpaired) electrons. The molecule has 0 bridgehead atoms. The number of esters is 1. The van der Waals surface area contributed by atoms with Gasteiger partial charge in [0.2, 0.25) is 11.5 Å². The Balaban J connectivity index is 2.16. The Morgan fingerprint density at radius 3 is 2.00 bits per heavy atom. The number of ether oxygens (including phenoxy) is 3. The number of halogens is 1. The fraction of sp³-hybridized carbons (Fsp3) is 0.238. The van der Waals surface area contributed by atoms with E-state index in [1.807, 2.05) is 0 Å². The molecule has 0 aromatic heterocycles. The summed E-state index contributed by atoms with van der Waals surface area (Å²) in [5.41, 5.74) is -0.933. The van der Waals surface area contributed by atoms with Crippen molar-refractivity contribution < 1.29 is 28.9 Å². The molecule has 2 aromatic carbocycles. The molecule has 0 amide bonds. The van der Waals surface area contributed by atoms with Crippen LogP contribution < -0.4 is 14.4 Å². The van der Waals surface area contributed by atoms with Gasteiger partial charge in [0, 0.05) is 11.3 Å². The standard InChI is InChI=1S/C21H20ClNO6/c1-27-15-8-4-13(5-9-15)19-18(22)20(25)21(26,12-17(24)29-3)23(19)14-6-10-16(28-2)11-7-14/h4-11,26H,12H2,1-3H3. The number of benzene rings is 2. The number of methoxy groups -OCH3 is 3. The van der Waals surface area contributed by atoms with Crippen LogP contribution >= 0.6 is 11.6 Å². The normalized spacial score (nSPS) is 18.8. The minimum absolute atomic E-state index is 0.183. The molecule has 0 spiro atoms. The van der Waals surface area contributed by atoms with Crippen LogP contribution in [0.25, 0.3) is 5.70 Å². The highest BCUT2D eigenvalue weighted by Crippen LogP contribution is 2.45. The Kier molecular flexibility index (Phi) is 5.81. The molecule has 8 heteroatoms. The summed E-state index contributed by atoms with van der Waals surface area (Å²) in [6, 6.07) is 13.5. The van der Waals surface area contributed by atoms with Crippen LogP contribution in [0.5, 0.6) is 11.5 Å². The van der Waals surface area contributed by atoms with Gasteiger partial charge in [-0.2, -0.15) is 0 Å². The fourth-order valence-electron chi connectivity index (χ4n) is 3.18. The van der Waals surface area contributed by atoms with E-state index in [0.29, 0.717) is 22.7 Å². The average Bonchev–Trinajstić information content (AvgIpc) is 2.94. The van der Waals surface area contributed by atoms with Crippen LogP contribution in [-0.2, 0) is 14.3 Å². The van der Waals surface area contributed by atoms with Gasteiger partial charge in [0.15, 0.2) is 0 Å². The van der Waals surface area contributed by atoms with E-state index in [2.05, 4.69) is 4.74 Å². The third kappa shape index (κ3) is 3.66. The molecular formula is C21H20ClNO6. The lowest BCUT2D eigenvalue weighted by Crippen LogP contribution is -2.51. The predicted molar refractivity (Wildman–Crippen MR) is 108 cm³/mol. The number of ketones is 1. The maximum Gasteiger partial charge on any atom is 0.310 e. The van der Waals surface area contributed by atoms with Gasteiger partial charge in [0.25, 0.3) is 0 Å². The van der Waals surface area contributed by atoms with Crippen LogP contribution in [0.2, 0.25) is 0 Å². The molecule has 1 aliphatic rings. The van der Waals surface area contributed by atoms with Crippen molar-refractivity contribution in [3.63, 3.8) is 0 Å². The molecular weight excluding hydrogens is 398 g/mol. The smallest absolute Gasteiger partial charge is 0.310 e. The topological polar surface area (TPSA) is 85.3 Å². The number of Topliss-reactive ketones (excluding diaryl/α,β-unsaturated/α-hetero) is 1. The van der Waals surface area contributed by atoms with E-state index < -0.39 is 23.9 Å². The van der Waals surface area contributed by atoms with E-state index in [1.54, 1.807) is 55.6 Å².